The summed E-state index contributed by atoms with van der Waals surface area (Å²) in [6, 6.07) is 43.5. The summed E-state index contributed by atoms with van der Waals surface area (Å²) < 4.78 is 16.5. The number of para-hydroxylation sites is 2. The van der Waals surface area contributed by atoms with E-state index in [4.69, 9.17) is 19.6 Å². The minimum Gasteiger partial charge on any atom is -0.509 e. The molecule has 51 heavy (non-hydrogen) atoms. The molecule has 0 unspecified atom stereocenters. The third-order valence-corrected chi connectivity index (χ3v) is 8.82. The molecule has 254 valence electrons. The van der Waals surface area contributed by atoms with Crippen LogP contribution in [0, 0.1) is 31.9 Å². The Bertz CT molecular complexity index is 2460. The maximum atomic E-state index is 6.40. The smallest absolute Gasteiger partial charge is 0.509 e. The van der Waals surface area contributed by atoms with Crippen LogP contribution in [0.3, 0.4) is 0 Å². The van der Waals surface area contributed by atoms with Crippen LogP contribution in [0.5, 0.6) is 23.0 Å². The van der Waals surface area contributed by atoms with Gasteiger partial charge in [0.05, 0.1) is 6.20 Å². The van der Waals surface area contributed by atoms with Gasteiger partial charge in [-0.25, -0.2) is 4.98 Å². The first-order chi connectivity index (χ1) is 24.4. The molecule has 0 saturated carbocycles. The minimum absolute atomic E-state index is 0. The molecule has 0 spiro atoms. The van der Waals surface area contributed by atoms with E-state index in [1.165, 1.54) is 5.56 Å². The Balaban J connectivity index is 0.00000406. The monoisotopic (exact) mass is 847 g/mol. The van der Waals surface area contributed by atoms with Crippen molar-refractivity contribution < 1.29 is 30.5 Å². The van der Waals surface area contributed by atoms with Crippen molar-refractivity contribution in [3.8, 4) is 45.6 Å². The van der Waals surface area contributed by atoms with Crippen LogP contribution < -0.4 is 9.47 Å². The number of rotatable bonds is 9. The summed E-state index contributed by atoms with van der Waals surface area (Å²) in [5, 5.41) is 6.94. The molecule has 0 bridgehead atoms. The molecule has 0 aliphatic heterocycles. The molecule has 0 atom stereocenters. The largest absolute Gasteiger partial charge is 2.00 e. The Morgan fingerprint density at radius 1 is 0.725 bits per heavy atom. The van der Waals surface area contributed by atoms with Crippen LogP contribution in [0.25, 0.3) is 44.4 Å². The van der Waals surface area contributed by atoms with E-state index in [0.717, 1.165) is 73.5 Å². The first-order valence-electron chi connectivity index (χ1n) is 16.9. The Morgan fingerprint density at radius 3 is 2.29 bits per heavy atom. The summed E-state index contributed by atoms with van der Waals surface area (Å²) >= 11 is 0. The van der Waals surface area contributed by atoms with Crippen LogP contribution in [0.1, 0.15) is 30.5 Å². The molecule has 5 aromatic carbocycles. The number of nitrogens with zero attached hydrogens (tertiary/aromatic N) is 4. The van der Waals surface area contributed by atoms with Crippen LogP contribution in [0.15, 0.2) is 128 Å². The van der Waals surface area contributed by atoms with Gasteiger partial charge in [-0.2, -0.15) is 17.2 Å². The molecule has 8 rings (SSSR count). The van der Waals surface area contributed by atoms with E-state index in [0.29, 0.717) is 17.4 Å². The predicted octanol–water partition coefficient (Wildman–Crippen LogP) is 11.0. The van der Waals surface area contributed by atoms with Gasteiger partial charge in [0, 0.05) is 35.0 Å². The second kappa shape index (κ2) is 14.4. The Morgan fingerprint density at radius 2 is 1.49 bits per heavy atom. The maximum absolute atomic E-state index is 6.40. The zero-order chi connectivity index (χ0) is 34.2. The molecule has 3 aromatic heterocycles. The fraction of sp³-hybridized carbons (Fsp3) is 0.136. The Labute approximate surface area is 312 Å². The number of ether oxygens (including phenoxy) is 2. The molecule has 6 nitrogen and oxygen atoms in total. The third kappa shape index (κ3) is 6.97. The summed E-state index contributed by atoms with van der Waals surface area (Å²) in [5.41, 5.74) is 8.40. The predicted molar refractivity (Wildman–Crippen MR) is 200 cm³/mol. The SMILES string of the molecule is Cc1cc(Oc2ccccc2)cc(C)c1-c1cnn(-c2[c-]c(Oc3[c-]c4c(cc3)c3ccccc3n4-c3cc(CC(C)C)ccn3)ccc2)c1.[Pt+2]. The fourth-order valence-electron chi connectivity index (χ4n) is 6.75. The first kappa shape index (κ1) is 34.0. The molecular weight excluding hydrogens is 812 g/mol. The molecule has 7 heteroatoms. The fourth-order valence-corrected chi connectivity index (χ4v) is 6.75. The number of fused-ring (bicyclic) bond motifs is 3. The summed E-state index contributed by atoms with van der Waals surface area (Å²) in [4.78, 5) is 4.78. The Kier molecular flexibility index (Phi) is 9.62. The van der Waals surface area contributed by atoms with Crippen molar-refractivity contribution in [2.24, 2.45) is 5.92 Å². The zero-order valence-electron chi connectivity index (χ0n) is 28.8. The topological polar surface area (TPSA) is 54.1 Å². The van der Waals surface area contributed by atoms with Crippen LogP contribution >= 0.6 is 0 Å². The third-order valence-electron chi connectivity index (χ3n) is 8.82. The van der Waals surface area contributed by atoms with Gasteiger partial charge >= 0.3 is 21.1 Å². The van der Waals surface area contributed by atoms with Crippen LogP contribution in [-0.2, 0) is 27.5 Å². The standard InChI is InChI=1S/C44H36N4O2.Pt/c1-29(2)21-32-19-20-45-43(24-32)48-41-16-9-8-15-39(41)40-18-17-37(26-42(40)48)50-36-14-10-11-34(25-36)47-28-33(27-46-47)44-30(3)22-38(23-31(44)4)49-35-12-6-5-7-13-35;/h5-20,22-24,27-29H,21H2,1-4H3;/q-2;+2. The minimum atomic E-state index is 0. The van der Waals surface area contributed by atoms with Gasteiger partial charge in [0.15, 0.2) is 0 Å². The van der Waals surface area contributed by atoms with Crippen molar-refractivity contribution in [1.82, 2.24) is 19.3 Å². The van der Waals surface area contributed by atoms with E-state index in [-0.39, 0.29) is 21.1 Å². The number of pyridine rings is 1. The molecular formula is C44H36N4O2Pt. The molecule has 0 fully saturated rings. The molecule has 0 N–H and O–H groups in total. The van der Waals surface area contributed by atoms with Gasteiger partial charge in [0.2, 0.25) is 0 Å². The van der Waals surface area contributed by atoms with E-state index in [9.17, 15) is 0 Å². The van der Waals surface area contributed by atoms with Crippen LogP contribution in [-0.4, -0.2) is 19.3 Å². The number of aromatic nitrogens is 4. The molecule has 8 aromatic rings. The van der Waals surface area contributed by atoms with Crippen LogP contribution in [0.2, 0.25) is 0 Å². The molecule has 0 aliphatic carbocycles. The average Bonchev–Trinajstić information content (AvgIpc) is 3.72. The van der Waals surface area contributed by atoms with Crippen LogP contribution in [0.4, 0.5) is 0 Å². The number of benzene rings is 5. The first-order valence-corrected chi connectivity index (χ1v) is 16.9. The van der Waals surface area contributed by atoms with E-state index in [1.807, 2.05) is 77.9 Å². The molecule has 0 aliphatic rings. The van der Waals surface area contributed by atoms with Gasteiger partial charge in [-0.05, 0) is 102 Å². The van der Waals surface area contributed by atoms with Crippen molar-refractivity contribution in [2.45, 2.75) is 34.1 Å². The zero-order valence-corrected chi connectivity index (χ0v) is 31.1. The van der Waals surface area contributed by atoms with E-state index in [1.54, 1.807) is 0 Å². The molecule has 0 saturated heterocycles. The Hall–Kier alpha value is -5.45. The quantitative estimate of drug-likeness (QED) is 0.136. The number of hydrogen-bond donors (Lipinski definition) is 0. The molecule has 0 amide bonds. The number of hydrogen-bond acceptors (Lipinski definition) is 4. The van der Waals surface area contributed by atoms with Gasteiger partial charge in [0.25, 0.3) is 0 Å². The van der Waals surface area contributed by atoms with Crippen molar-refractivity contribution in [1.29, 1.82) is 0 Å². The molecule has 0 radical (unpaired) electrons. The second-order valence-electron chi connectivity index (χ2n) is 13.1. The molecule has 3 heterocycles. The summed E-state index contributed by atoms with van der Waals surface area (Å²) in [5.74, 6) is 4.22. The van der Waals surface area contributed by atoms with Gasteiger partial charge in [-0.3, -0.25) is 4.68 Å². The second-order valence-corrected chi connectivity index (χ2v) is 13.1. The van der Waals surface area contributed by atoms with Crippen molar-refractivity contribution in [3.05, 3.63) is 157 Å². The average molecular weight is 848 g/mol. The summed E-state index contributed by atoms with van der Waals surface area (Å²) in [6.45, 7) is 8.67. The van der Waals surface area contributed by atoms with Gasteiger partial charge in [-0.15, -0.1) is 35.7 Å². The van der Waals surface area contributed by atoms with E-state index >= 15 is 0 Å². The van der Waals surface area contributed by atoms with Crippen molar-refractivity contribution in [2.75, 3.05) is 0 Å². The van der Waals surface area contributed by atoms with Crippen molar-refractivity contribution in [3.63, 3.8) is 0 Å². The van der Waals surface area contributed by atoms with Gasteiger partial charge in [0.1, 0.15) is 17.3 Å². The van der Waals surface area contributed by atoms with Gasteiger partial charge < -0.3 is 14.0 Å². The maximum Gasteiger partial charge on any atom is 2.00 e. The van der Waals surface area contributed by atoms with Crippen molar-refractivity contribution >= 4 is 21.8 Å². The van der Waals surface area contributed by atoms with E-state index in [2.05, 4.69) is 99.0 Å². The summed E-state index contributed by atoms with van der Waals surface area (Å²) in [7, 11) is 0. The summed E-state index contributed by atoms with van der Waals surface area (Å²) in [6.07, 6.45) is 6.80. The van der Waals surface area contributed by atoms with E-state index < -0.39 is 0 Å². The van der Waals surface area contributed by atoms with Gasteiger partial charge in [-0.1, -0.05) is 55.8 Å². The normalized spacial score (nSPS) is 11.2. The number of aryl methyl sites for hydroxylation is 2.